The minimum absolute atomic E-state index is 0.105. The highest BCUT2D eigenvalue weighted by molar-refractivity contribution is 7.88. The summed E-state index contributed by atoms with van der Waals surface area (Å²) in [6.07, 6.45) is 0. The van der Waals surface area contributed by atoms with Crippen LogP contribution in [0, 0.1) is 0 Å². The SMILES string of the molecule is Nc1ccc(Cl)cc1NC(=O)CS(=O)c1cccs1. The molecule has 0 saturated heterocycles. The largest absolute Gasteiger partial charge is 0.397 e. The molecule has 0 aliphatic heterocycles. The highest BCUT2D eigenvalue weighted by Crippen LogP contribution is 2.23. The average molecular weight is 315 g/mol. The molecule has 3 N–H and O–H groups in total. The predicted molar refractivity (Wildman–Crippen MR) is 80.1 cm³/mol. The summed E-state index contributed by atoms with van der Waals surface area (Å²) in [6, 6.07) is 8.33. The van der Waals surface area contributed by atoms with Crippen molar-refractivity contribution in [2.75, 3.05) is 16.8 Å². The van der Waals surface area contributed by atoms with E-state index in [0.717, 1.165) is 0 Å². The van der Waals surface area contributed by atoms with Crippen molar-refractivity contribution in [1.82, 2.24) is 0 Å². The quantitative estimate of drug-likeness (QED) is 0.852. The monoisotopic (exact) mass is 314 g/mol. The number of carbonyl (C=O) groups is 1. The van der Waals surface area contributed by atoms with Gasteiger partial charge in [-0.1, -0.05) is 17.7 Å². The van der Waals surface area contributed by atoms with E-state index in [1.54, 1.807) is 30.3 Å². The number of hydrogen-bond donors (Lipinski definition) is 2. The van der Waals surface area contributed by atoms with Crippen LogP contribution < -0.4 is 11.1 Å². The fraction of sp³-hybridized carbons (Fsp3) is 0.0833. The molecule has 0 aliphatic rings. The van der Waals surface area contributed by atoms with Gasteiger partial charge in [0.1, 0.15) is 5.75 Å². The zero-order chi connectivity index (χ0) is 13.8. The molecule has 1 amide bonds. The van der Waals surface area contributed by atoms with Gasteiger partial charge < -0.3 is 11.1 Å². The third kappa shape index (κ3) is 3.79. The summed E-state index contributed by atoms with van der Waals surface area (Å²) >= 11 is 7.18. The molecule has 19 heavy (non-hydrogen) atoms. The van der Waals surface area contributed by atoms with Gasteiger partial charge in [0.25, 0.3) is 0 Å². The van der Waals surface area contributed by atoms with Gasteiger partial charge in [0.05, 0.1) is 26.4 Å². The second-order valence-electron chi connectivity index (χ2n) is 3.70. The maximum atomic E-state index is 11.9. The highest BCUT2D eigenvalue weighted by atomic mass is 35.5. The molecule has 0 radical (unpaired) electrons. The first kappa shape index (κ1) is 14.0. The number of carbonyl (C=O) groups excluding carboxylic acids is 1. The Balaban J connectivity index is 2.02. The molecule has 2 aromatic rings. The molecule has 0 aliphatic carbocycles. The number of nitrogens with one attached hydrogen (secondary N) is 1. The van der Waals surface area contributed by atoms with Gasteiger partial charge in [-0.15, -0.1) is 11.3 Å². The van der Waals surface area contributed by atoms with E-state index >= 15 is 0 Å². The van der Waals surface area contributed by atoms with Crippen LogP contribution in [0.1, 0.15) is 0 Å². The number of thiophene rings is 1. The molecule has 1 aromatic carbocycles. The number of nitrogen functional groups attached to an aromatic ring is 1. The minimum Gasteiger partial charge on any atom is -0.397 e. The summed E-state index contributed by atoms with van der Waals surface area (Å²) in [5.74, 6) is -0.465. The Kier molecular flexibility index (Phi) is 4.57. The highest BCUT2D eigenvalue weighted by Gasteiger charge is 2.12. The molecule has 1 unspecified atom stereocenters. The maximum Gasteiger partial charge on any atom is 0.237 e. The summed E-state index contributed by atoms with van der Waals surface area (Å²) in [6.45, 7) is 0. The molecule has 4 nitrogen and oxygen atoms in total. The van der Waals surface area contributed by atoms with Gasteiger partial charge in [0, 0.05) is 5.02 Å². The second kappa shape index (κ2) is 6.18. The Bertz CT molecular complexity index is 614. The van der Waals surface area contributed by atoms with Gasteiger partial charge >= 0.3 is 0 Å². The molecule has 2 rings (SSSR count). The van der Waals surface area contributed by atoms with Crippen molar-refractivity contribution >= 4 is 51.0 Å². The van der Waals surface area contributed by atoms with Gasteiger partial charge in [-0.2, -0.15) is 0 Å². The smallest absolute Gasteiger partial charge is 0.237 e. The Hall–Kier alpha value is -1.37. The van der Waals surface area contributed by atoms with E-state index in [4.69, 9.17) is 17.3 Å². The predicted octanol–water partition coefficient (Wildman–Crippen LogP) is 2.73. The average Bonchev–Trinajstić information content (AvgIpc) is 2.87. The molecule has 0 spiro atoms. The summed E-state index contributed by atoms with van der Waals surface area (Å²) in [4.78, 5) is 11.8. The van der Waals surface area contributed by atoms with Gasteiger partial charge in [-0.3, -0.25) is 9.00 Å². The van der Waals surface area contributed by atoms with Crippen LogP contribution in [0.3, 0.4) is 0 Å². The van der Waals surface area contributed by atoms with E-state index in [9.17, 15) is 9.00 Å². The van der Waals surface area contributed by atoms with Crippen molar-refractivity contribution in [3.05, 3.63) is 40.7 Å². The van der Waals surface area contributed by atoms with Crippen molar-refractivity contribution in [2.45, 2.75) is 4.21 Å². The summed E-state index contributed by atoms with van der Waals surface area (Å²) in [5.41, 5.74) is 6.56. The van der Waals surface area contributed by atoms with E-state index in [1.807, 2.05) is 5.38 Å². The first-order valence-corrected chi connectivity index (χ1v) is 7.90. The Morgan fingerprint density at radius 3 is 2.89 bits per heavy atom. The van der Waals surface area contributed by atoms with Crippen molar-refractivity contribution in [3.8, 4) is 0 Å². The summed E-state index contributed by atoms with van der Waals surface area (Å²) in [5, 5.41) is 4.90. The van der Waals surface area contributed by atoms with Crippen LogP contribution in [-0.4, -0.2) is 15.9 Å². The zero-order valence-electron chi connectivity index (χ0n) is 9.76. The lowest BCUT2D eigenvalue weighted by atomic mass is 10.2. The van der Waals surface area contributed by atoms with Gasteiger partial charge in [0.15, 0.2) is 0 Å². The van der Waals surface area contributed by atoms with Crippen LogP contribution in [-0.2, 0) is 15.6 Å². The van der Waals surface area contributed by atoms with Crippen molar-refractivity contribution in [3.63, 3.8) is 0 Å². The first-order chi connectivity index (χ1) is 9.06. The van der Waals surface area contributed by atoms with Gasteiger partial charge in [-0.25, -0.2) is 0 Å². The van der Waals surface area contributed by atoms with Crippen molar-refractivity contribution < 1.29 is 9.00 Å². The Labute approximate surface area is 122 Å². The van der Waals surface area contributed by atoms with Gasteiger partial charge in [-0.05, 0) is 29.6 Å². The topological polar surface area (TPSA) is 72.2 Å². The molecule has 0 bridgehead atoms. The lowest BCUT2D eigenvalue weighted by molar-refractivity contribution is -0.113. The van der Waals surface area contributed by atoms with E-state index in [2.05, 4.69) is 5.32 Å². The Morgan fingerprint density at radius 1 is 1.42 bits per heavy atom. The number of hydrogen-bond acceptors (Lipinski definition) is 4. The molecule has 7 heteroatoms. The third-order valence-corrected chi connectivity index (χ3v) is 5.12. The minimum atomic E-state index is -1.34. The van der Waals surface area contributed by atoms with E-state index in [1.165, 1.54) is 11.3 Å². The van der Waals surface area contributed by atoms with Crippen molar-refractivity contribution in [1.29, 1.82) is 0 Å². The van der Waals surface area contributed by atoms with Crippen LogP contribution in [0.15, 0.2) is 39.9 Å². The number of anilines is 2. The fourth-order valence-electron chi connectivity index (χ4n) is 1.41. The van der Waals surface area contributed by atoms with E-state index in [0.29, 0.717) is 20.6 Å². The molecular formula is C12H11ClN2O2S2. The van der Waals surface area contributed by atoms with E-state index < -0.39 is 10.8 Å². The number of amides is 1. The van der Waals surface area contributed by atoms with Crippen molar-refractivity contribution in [2.24, 2.45) is 0 Å². The molecule has 0 fully saturated rings. The second-order valence-corrected chi connectivity index (χ2v) is 6.76. The van der Waals surface area contributed by atoms with Crippen LogP contribution in [0.25, 0.3) is 0 Å². The zero-order valence-corrected chi connectivity index (χ0v) is 12.1. The standard InChI is InChI=1S/C12H11ClN2O2S2/c13-8-3-4-9(14)10(6-8)15-11(16)7-19(17)12-2-1-5-18-12/h1-6H,7,14H2,(H,15,16). The molecule has 1 heterocycles. The maximum absolute atomic E-state index is 11.9. The molecular weight excluding hydrogens is 304 g/mol. The number of rotatable bonds is 4. The lowest BCUT2D eigenvalue weighted by Gasteiger charge is -2.08. The van der Waals surface area contributed by atoms with Crippen LogP contribution in [0.4, 0.5) is 11.4 Å². The normalized spacial score (nSPS) is 12.1. The summed E-state index contributed by atoms with van der Waals surface area (Å²) in [7, 11) is -1.34. The number of halogens is 1. The van der Waals surface area contributed by atoms with Crippen LogP contribution >= 0.6 is 22.9 Å². The molecule has 0 saturated carbocycles. The first-order valence-electron chi connectivity index (χ1n) is 5.33. The molecule has 1 aromatic heterocycles. The fourth-order valence-corrected chi connectivity index (χ4v) is 3.48. The Morgan fingerprint density at radius 2 is 2.21 bits per heavy atom. The number of benzene rings is 1. The molecule has 100 valence electrons. The lowest BCUT2D eigenvalue weighted by Crippen LogP contribution is -2.19. The van der Waals surface area contributed by atoms with Crippen LogP contribution in [0.2, 0.25) is 5.02 Å². The third-order valence-electron chi connectivity index (χ3n) is 2.27. The summed E-state index contributed by atoms with van der Waals surface area (Å²) < 4.78 is 12.5. The number of nitrogens with two attached hydrogens (primary N) is 1. The van der Waals surface area contributed by atoms with Gasteiger partial charge in [0.2, 0.25) is 5.91 Å². The van der Waals surface area contributed by atoms with Crippen LogP contribution in [0.5, 0.6) is 0 Å². The van der Waals surface area contributed by atoms with E-state index in [-0.39, 0.29) is 11.7 Å². The molecule has 1 atom stereocenters.